The van der Waals surface area contributed by atoms with Crippen molar-refractivity contribution in [2.24, 2.45) is 0 Å². The molecule has 5 nitrogen and oxygen atoms in total. The lowest BCUT2D eigenvalue weighted by atomic mass is 9.98. The summed E-state index contributed by atoms with van der Waals surface area (Å²) in [6.07, 6.45) is 3.60. The Labute approximate surface area is 134 Å². The highest BCUT2D eigenvalue weighted by Crippen LogP contribution is 2.43. The highest BCUT2D eigenvalue weighted by atomic mass is 16.8. The van der Waals surface area contributed by atoms with Crippen molar-refractivity contribution >= 4 is 0 Å². The van der Waals surface area contributed by atoms with Crippen LogP contribution in [0.25, 0.3) is 0 Å². The maximum absolute atomic E-state index is 6.13. The molecule has 0 aromatic carbocycles. The SMILES string of the molecule is CCCCOC[C@@]1(C)O[C@@H]2OC(C)(C)OC2C1OCCCC. The standard InChI is InChI=1S/C17H32O5/c1-6-8-10-18-12-17(5)14(19-11-9-7-2)13-15(22-17)21-16(3,4)20-13/h13-15H,6-12H2,1-5H3/t13?,14?,15-,17+/m0/s1. The van der Waals surface area contributed by atoms with E-state index in [-0.39, 0.29) is 18.5 Å². The molecule has 2 saturated heterocycles. The fourth-order valence-corrected chi connectivity index (χ4v) is 3.00. The molecule has 0 aromatic heterocycles. The molecule has 0 amide bonds. The van der Waals surface area contributed by atoms with E-state index < -0.39 is 11.4 Å². The van der Waals surface area contributed by atoms with Gasteiger partial charge in [0.15, 0.2) is 12.1 Å². The predicted molar refractivity (Wildman–Crippen MR) is 83.7 cm³/mol. The minimum absolute atomic E-state index is 0.160. The summed E-state index contributed by atoms with van der Waals surface area (Å²) in [6, 6.07) is 0. The van der Waals surface area contributed by atoms with Gasteiger partial charge in [0.05, 0.1) is 6.61 Å². The van der Waals surface area contributed by atoms with Gasteiger partial charge >= 0.3 is 0 Å². The van der Waals surface area contributed by atoms with Gasteiger partial charge in [-0.25, -0.2) is 0 Å². The Morgan fingerprint density at radius 3 is 2.27 bits per heavy atom. The van der Waals surface area contributed by atoms with Crippen LogP contribution in [0.1, 0.15) is 60.3 Å². The molecule has 0 N–H and O–H groups in total. The van der Waals surface area contributed by atoms with Gasteiger partial charge in [-0.05, 0) is 33.6 Å². The van der Waals surface area contributed by atoms with Crippen molar-refractivity contribution in [3.05, 3.63) is 0 Å². The average Bonchev–Trinajstić information content (AvgIpc) is 2.85. The molecule has 2 aliphatic rings. The molecule has 2 unspecified atom stereocenters. The Kier molecular flexibility index (Phi) is 6.25. The molecule has 5 heteroatoms. The molecule has 2 fully saturated rings. The van der Waals surface area contributed by atoms with Gasteiger partial charge < -0.3 is 23.7 Å². The molecule has 130 valence electrons. The first-order valence-electron chi connectivity index (χ1n) is 8.64. The van der Waals surface area contributed by atoms with E-state index in [2.05, 4.69) is 13.8 Å². The summed E-state index contributed by atoms with van der Waals surface area (Å²) in [5.74, 6) is -0.619. The Morgan fingerprint density at radius 1 is 0.909 bits per heavy atom. The second-order valence-corrected chi connectivity index (χ2v) is 6.95. The quantitative estimate of drug-likeness (QED) is 0.611. The molecule has 0 aliphatic carbocycles. The van der Waals surface area contributed by atoms with Crippen molar-refractivity contribution in [1.29, 1.82) is 0 Å². The fraction of sp³-hybridized carbons (Fsp3) is 1.00. The number of ether oxygens (including phenoxy) is 5. The molecular formula is C17H32O5. The number of hydrogen-bond acceptors (Lipinski definition) is 5. The summed E-state index contributed by atoms with van der Waals surface area (Å²) in [6.45, 7) is 12.1. The van der Waals surface area contributed by atoms with Crippen molar-refractivity contribution < 1.29 is 23.7 Å². The van der Waals surface area contributed by atoms with Crippen LogP contribution >= 0.6 is 0 Å². The number of hydrogen-bond donors (Lipinski definition) is 0. The molecule has 2 rings (SSSR count). The molecule has 0 aromatic rings. The highest BCUT2D eigenvalue weighted by Gasteiger charge is 2.60. The zero-order valence-corrected chi connectivity index (χ0v) is 14.7. The van der Waals surface area contributed by atoms with Crippen molar-refractivity contribution in [2.75, 3.05) is 19.8 Å². The topological polar surface area (TPSA) is 46.2 Å². The Bertz CT molecular complexity index is 346. The van der Waals surface area contributed by atoms with E-state index in [1.165, 1.54) is 0 Å². The lowest BCUT2D eigenvalue weighted by Crippen LogP contribution is -2.48. The zero-order chi connectivity index (χ0) is 16.2. The van der Waals surface area contributed by atoms with Crippen molar-refractivity contribution in [3.63, 3.8) is 0 Å². The van der Waals surface area contributed by atoms with Crippen molar-refractivity contribution in [1.82, 2.24) is 0 Å². The normalized spacial score (nSPS) is 36.7. The fourth-order valence-electron chi connectivity index (χ4n) is 3.00. The van der Waals surface area contributed by atoms with Gasteiger partial charge in [0.25, 0.3) is 0 Å². The lowest BCUT2D eigenvalue weighted by molar-refractivity contribution is -0.248. The average molecular weight is 316 g/mol. The van der Waals surface area contributed by atoms with E-state index in [0.717, 1.165) is 32.3 Å². The molecule has 0 saturated carbocycles. The third kappa shape index (κ3) is 4.20. The minimum atomic E-state index is -0.619. The van der Waals surface area contributed by atoms with E-state index in [0.29, 0.717) is 13.2 Å². The highest BCUT2D eigenvalue weighted by molar-refractivity contribution is 5.02. The van der Waals surface area contributed by atoms with E-state index in [4.69, 9.17) is 23.7 Å². The third-order valence-electron chi connectivity index (χ3n) is 4.20. The van der Waals surface area contributed by atoms with E-state index in [9.17, 15) is 0 Å². The van der Waals surface area contributed by atoms with E-state index in [1.54, 1.807) is 0 Å². The summed E-state index contributed by atoms with van der Waals surface area (Å²) >= 11 is 0. The summed E-state index contributed by atoms with van der Waals surface area (Å²) < 4.78 is 29.9. The number of rotatable bonds is 9. The summed E-state index contributed by atoms with van der Waals surface area (Å²) in [5, 5.41) is 0. The van der Waals surface area contributed by atoms with Crippen LogP contribution in [0, 0.1) is 0 Å². The van der Waals surface area contributed by atoms with Crippen LogP contribution in [0.4, 0.5) is 0 Å². The van der Waals surface area contributed by atoms with Crippen LogP contribution in [0.5, 0.6) is 0 Å². The first-order chi connectivity index (χ1) is 10.4. The van der Waals surface area contributed by atoms with Gasteiger partial charge in [-0.3, -0.25) is 0 Å². The molecule has 0 spiro atoms. The van der Waals surface area contributed by atoms with Gasteiger partial charge in [0.2, 0.25) is 0 Å². The van der Waals surface area contributed by atoms with E-state index in [1.807, 2.05) is 20.8 Å². The Hall–Kier alpha value is -0.200. The maximum atomic E-state index is 6.13. The second kappa shape index (κ2) is 7.58. The molecule has 0 radical (unpaired) electrons. The smallest absolute Gasteiger partial charge is 0.190 e. The molecule has 2 heterocycles. The summed E-state index contributed by atoms with van der Waals surface area (Å²) in [5.41, 5.74) is -0.521. The Morgan fingerprint density at radius 2 is 1.59 bits per heavy atom. The van der Waals surface area contributed by atoms with Gasteiger partial charge in [0, 0.05) is 13.2 Å². The second-order valence-electron chi connectivity index (χ2n) is 6.95. The molecule has 2 aliphatic heterocycles. The van der Waals surface area contributed by atoms with Gasteiger partial charge in [0.1, 0.15) is 17.8 Å². The van der Waals surface area contributed by atoms with Crippen molar-refractivity contribution in [2.45, 2.75) is 90.2 Å². The van der Waals surface area contributed by atoms with Crippen LogP contribution in [0.2, 0.25) is 0 Å². The van der Waals surface area contributed by atoms with Gasteiger partial charge in [-0.1, -0.05) is 26.7 Å². The monoisotopic (exact) mass is 316 g/mol. The van der Waals surface area contributed by atoms with Crippen molar-refractivity contribution in [3.8, 4) is 0 Å². The number of fused-ring (bicyclic) bond motifs is 1. The summed E-state index contributed by atoms with van der Waals surface area (Å²) in [4.78, 5) is 0. The predicted octanol–water partition coefficient (Wildman–Crippen LogP) is 3.25. The molecule has 0 bridgehead atoms. The van der Waals surface area contributed by atoms with Gasteiger partial charge in [-0.2, -0.15) is 0 Å². The summed E-state index contributed by atoms with van der Waals surface area (Å²) in [7, 11) is 0. The van der Waals surface area contributed by atoms with Gasteiger partial charge in [-0.15, -0.1) is 0 Å². The minimum Gasteiger partial charge on any atom is -0.378 e. The van der Waals surface area contributed by atoms with Crippen LogP contribution in [-0.4, -0.2) is 49.7 Å². The van der Waals surface area contributed by atoms with Crippen LogP contribution in [0.3, 0.4) is 0 Å². The number of unbranched alkanes of at least 4 members (excludes halogenated alkanes) is 2. The van der Waals surface area contributed by atoms with Crippen LogP contribution in [0.15, 0.2) is 0 Å². The molecule has 4 atom stereocenters. The zero-order valence-electron chi connectivity index (χ0n) is 14.7. The Balaban J connectivity index is 1.98. The van der Waals surface area contributed by atoms with E-state index >= 15 is 0 Å². The third-order valence-corrected chi connectivity index (χ3v) is 4.20. The van der Waals surface area contributed by atoms with Crippen LogP contribution in [-0.2, 0) is 23.7 Å². The lowest BCUT2D eigenvalue weighted by Gasteiger charge is -2.33. The molecular weight excluding hydrogens is 284 g/mol. The molecule has 22 heavy (non-hydrogen) atoms. The van der Waals surface area contributed by atoms with Crippen LogP contribution < -0.4 is 0 Å². The maximum Gasteiger partial charge on any atom is 0.190 e. The largest absolute Gasteiger partial charge is 0.378 e. The first-order valence-corrected chi connectivity index (χ1v) is 8.64. The first kappa shape index (κ1) is 18.1.